The van der Waals surface area contributed by atoms with Crippen molar-refractivity contribution in [1.29, 1.82) is 0 Å². The van der Waals surface area contributed by atoms with Gasteiger partial charge in [-0.05, 0) is 42.3 Å². The Kier molecular flexibility index (Phi) is 9.04. The summed E-state index contributed by atoms with van der Waals surface area (Å²) in [6, 6.07) is 5.42. The molecule has 1 aliphatic carbocycles. The standard InChI is InChI=1S/C24H27FN4O5S.ClH/c1-15(30)35-24(33)9-10-28(13-17(24)11-18-12-26-27-29(18)14-21(31)34-2)22(23(32)16-7-8-16)19-5-3-4-6-20(19)25;/h3-6,11-12,16,22,33H,7-10,13-14H2,1-2H3;1H/b17-11+;. The van der Waals surface area contributed by atoms with Crippen molar-refractivity contribution in [3.8, 4) is 0 Å². The first-order chi connectivity index (χ1) is 16.7. The molecule has 2 aromatic rings. The highest BCUT2D eigenvalue weighted by molar-refractivity contribution is 8.14. The van der Waals surface area contributed by atoms with Gasteiger partial charge in [0, 0.05) is 37.9 Å². The summed E-state index contributed by atoms with van der Waals surface area (Å²) >= 11 is 0.793. The molecule has 0 spiro atoms. The molecule has 0 bridgehead atoms. The number of benzene rings is 1. The summed E-state index contributed by atoms with van der Waals surface area (Å²) in [5.41, 5.74) is 1.15. The largest absolute Gasteiger partial charge is 0.468 e. The summed E-state index contributed by atoms with van der Waals surface area (Å²) in [7, 11) is 1.26. The molecule has 0 amide bonds. The van der Waals surface area contributed by atoms with E-state index in [2.05, 4.69) is 10.3 Å². The molecule has 1 aliphatic heterocycles. The predicted molar refractivity (Wildman–Crippen MR) is 134 cm³/mol. The van der Waals surface area contributed by atoms with Crippen LogP contribution in [-0.4, -0.2) is 67.0 Å². The summed E-state index contributed by atoms with van der Waals surface area (Å²) in [4.78, 5) is 37.3. The Morgan fingerprint density at radius 1 is 1.33 bits per heavy atom. The molecule has 2 unspecified atom stereocenters. The van der Waals surface area contributed by atoms with Gasteiger partial charge in [-0.2, -0.15) is 0 Å². The summed E-state index contributed by atoms with van der Waals surface area (Å²) in [5.74, 6) is -1.14. The number of piperidine rings is 1. The number of rotatable bonds is 8. The minimum Gasteiger partial charge on any atom is -0.468 e. The van der Waals surface area contributed by atoms with Crippen LogP contribution in [0.3, 0.4) is 0 Å². The van der Waals surface area contributed by atoms with E-state index in [1.807, 2.05) is 4.90 Å². The third-order valence-corrected chi connectivity index (χ3v) is 7.31. The third-order valence-electron chi connectivity index (χ3n) is 6.22. The molecule has 0 radical (unpaired) electrons. The maximum Gasteiger partial charge on any atom is 0.327 e. The number of esters is 1. The molecule has 2 heterocycles. The highest BCUT2D eigenvalue weighted by atomic mass is 35.5. The predicted octanol–water partition coefficient (Wildman–Crippen LogP) is 2.79. The van der Waals surface area contributed by atoms with E-state index in [-0.39, 0.29) is 55.3 Å². The number of carbonyl (C=O) groups excluding carboxylic acids is 3. The lowest BCUT2D eigenvalue weighted by molar-refractivity contribution is -0.141. The monoisotopic (exact) mass is 538 g/mol. The van der Waals surface area contributed by atoms with Gasteiger partial charge in [0.05, 0.1) is 25.0 Å². The van der Waals surface area contributed by atoms with Crippen LogP contribution < -0.4 is 0 Å². The molecule has 12 heteroatoms. The fraction of sp³-hybridized carbons (Fsp3) is 0.458. The average molecular weight is 539 g/mol. The molecule has 36 heavy (non-hydrogen) atoms. The average Bonchev–Trinajstić information content (AvgIpc) is 3.58. The zero-order valence-electron chi connectivity index (χ0n) is 19.9. The van der Waals surface area contributed by atoms with Crippen molar-refractivity contribution >= 4 is 47.1 Å². The van der Waals surface area contributed by atoms with Crippen LogP contribution in [0.1, 0.15) is 43.5 Å². The molecular weight excluding hydrogens is 511 g/mol. The van der Waals surface area contributed by atoms with E-state index in [0.717, 1.165) is 24.6 Å². The molecule has 2 fully saturated rings. The summed E-state index contributed by atoms with van der Waals surface area (Å²) in [5, 5.41) is 18.9. The van der Waals surface area contributed by atoms with Crippen molar-refractivity contribution in [1.82, 2.24) is 19.9 Å². The van der Waals surface area contributed by atoms with E-state index in [0.29, 0.717) is 16.8 Å². The van der Waals surface area contributed by atoms with Gasteiger partial charge in [-0.3, -0.25) is 19.3 Å². The fourth-order valence-electron chi connectivity index (χ4n) is 4.29. The maximum absolute atomic E-state index is 14.8. The smallest absolute Gasteiger partial charge is 0.327 e. The van der Waals surface area contributed by atoms with Crippen LogP contribution in [0.5, 0.6) is 0 Å². The zero-order chi connectivity index (χ0) is 25.2. The molecule has 4 rings (SSSR count). The third kappa shape index (κ3) is 6.20. The van der Waals surface area contributed by atoms with Crippen molar-refractivity contribution in [2.24, 2.45) is 5.92 Å². The Hall–Kier alpha value is -2.60. The number of carbonyl (C=O) groups is 3. The van der Waals surface area contributed by atoms with E-state index >= 15 is 0 Å². The Labute approximate surface area is 218 Å². The first-order valence-corrected chi connectivity index (χ1v) is 12.1. The fourth-order valence-corrected chi connectivity index (χ4v) is 5.22. The van der Waals surface area contributed by atoms with Gasteiger partial charge in [-0.15, -0.1) is 17.5 Å². The molecule has 1 N–H and O–H groups in total. The van der Waals surface area contributed by atoms with Crippen LogP contribution in [-0.2, 0) is 25.7 Å². The summed E-state index contributed by atoms with van der Waals surface area (Å²) in [6.45, 7) is 1.58. The van der Waals surface area contributed by atoms with Crippen LogP contribution >= 0.6 is 24.2 Å². The van der Waals surface area contributed by atoms with Gasteiger partial charge in [0.1, 0.15) is 17.3 Å². The lowest BCUT2D eigenvalue weighted by Crippen LogP contribution is -2.48. The lowest BCUT2D eigenvalue weighted by Gasteiger charge is -2.42. The molecule has 9 nitrogen and oxygen atoms in total. The van der Waals surface area contributed by atoms with Crippen molar-refractivity contribution in [3.05, 3.63) is 53.1 Å². The van der Waals surface area contributed by atoms with Gasteiger partial charge < -0.3 is 9.84 Å². The quantitative estimate of drug-likeness (QED) is 0.400. The van der Waals surface area contributed by atoms with E-state index in [1.165, 1.54) is 31.0 Å². The summed E-state index contributed by atoms with van der Waals surface area (Å²) < 4.78 is 20.8. The molecule has 1 saturated heterocycles. The number of aliphatic hydroxyl groups is 1. The van der Waals surface area contributed by atoms with Gasteiger partial charge >= 0.3 is 5.97 Å². The second-order valence-electron chi connectivity index (χ2n) is 8.76. The number of methoxy groups -OCH3 is 1. The van der Waals surface area contributed by atoms with Crippen molar-refractivity contribution in [2.45, 2.75) is 43.7 Å². The maximum atomic E-state index is 14.8. The SMILES string of the molecule is COC(=O)Cn1nncc1/C=C1\CN(C(C(=O)C2CC2)c2ccccc2F)CCC1(O)SC(C)=O.Cl. The molecule has 194 valence electrons. The topological polar surface area (TPSA) is 115 Å². The van der Waals surface area contributed by atoms with Gasteiger partial charge in [0.15, 0.2) is 10.9 Å². The molecule has 2 aliphatic rings. The Morgan fingerprint density at radius 3 is 2.69 bits per heavy atom. The Bertz CT molecular complexity index is 1170. The Morgan fingerprint density at radius 2 is 2.06 bits per heavy atom. The molecule has 1 aromatic heterocycles. The van der Waals surface area contributed by atoms with E-state index in [4.69, 9.17) is 4.74 Å². The highest BCUT2D eigenvalue weighted by Crippen LogP contribution is 2.44. The van der Waals surface area contributed by atoms with Crippen molar-refractivity contribution in [2.75, 3.05) is 20.2 Å². The van der Waals surface area contributed by atoms with E-state index in [9.17, 15) is 23.9 Å². The number of nitrogens with zero attached hydrogens (tertiary/aromatic N) is 4. The minimum atomic E-state index is -1.54. The highest BCUT2D eigenvalue weighted by Gasteiger charge is 2.45. The number of Topliss-reactive ketones (excluding diaryl/α,β-unsaturated/α-hetero) is 1. The van der Waals surface area contributed by atoms with E-state index < -0.39 is 22.8 Å². The number of halogens is 2. The molecule has 1 saturated carbocycles. The van der Waals surface area contributed by atoms with Crippen LogP contribution in [0.15, 0.2) is 36.0 Å². The number of ketones is 1. The number of ether oxygens (including phenoxy) is 1. The number of hydrogen-bond donors (Lipinski definition) is 1. The van der Waals surface area contributed by atoms with Gasteiger partial charge in [0.2, 0.25) is 0 Å². The van der Waals surface area contributed by atoms with Crippen molar-refractivity contribution in [3.63, 3.8) is 0 Å². The number of thioether (sulfide) groups is 1. The molecule has 1 aromatic carbocycles. The van der Waals surface area contributed by atoms with Gasteiger partial charge in [-0.1, -0.05) is 23.4 Å². The number of hydrogen-bond acceptors (Lipinski definition) is 9. The van der Waals surface area contributed by atoms with Crippen LogP contribution in [0, 0.1) is 11.7 Å². The van der Waals surface area contributed by atoms with Crippen LogP contribution in [0.2, 0.25) is 0 Å². The first kappa shape index (κ1) is 28.0. The van der Waals surface area contributed by atoms with E-state index in [1.54, 1.807) is 24.3 Å². The van der Waals surface area contributed by atoms with Gasteiger partial charge in [-0.25, -0.2) is 9.07 Å². The number of aromatic nitrogens is 3. The number of likely N-dealkylation sites (tertiary alicyclic amines) is 1. The molecule has 2 atom stereocenters. The lowest BCUT2D eigenvalue weighted by atomic mass is 9.92. The zero-order valence-corrected chi connectivity index (χ0v) is 21.6. The minimum absolute atomic E-state index is 0. The first-order valence-electron chi connectivity index (χ1n) is 11.3. The summed E-state index contributed by atoms with van der Waals surface area (Å²) in [6.07, 6.45) is 4.75. The second kappa shape index (κ2) is 11.6. The van der Waals surface area contributed by atoms with Crippen LogP contribution in [0.4, 0.5) is 4.39 Å². The Balaban J connectivity index is 0.00000361. The van der Waals surface area contributed by atoms with Crippen molar-refractivity contribution < 1.29 is 28.6 Å². The van der Waals surface area contributed by atoms with Gasteiger partial charge in [0.25, 0.3) is 0 Å². The molecular formula is C24H28ClFN4O5S. The second-order valence-corrected chi connectivity index (χ2v) is 10.2. The van der Waals surface area contributed by atoms with Crippen LogP contribution in [0.25, 0.3) is 6.08 Å². The normalized spacial score (nSPS) is 22.1.